The summed E-state index contributed by atoms with van der Waals surface area (Å²) in [5.74, 6) is -0.734. The monoisotopic (exact) mass is 360 g/mol. The maximum atomic E-state index is 13.1. The zero-order valence-corrected chi connectivity index (χ0v) is 15.2. The van der Waals surface area contributed by atoms with Gasteiger partial charge in [0.25, 0.3) is 5.91 Å². The van der Waals surface area contributed by atoms with Gasteiger partial charge in [-0.1, -0.05) is 18.2 Å². The maximum absolute atomic E-state index is 13.1. The number of hydrogen-bond donors (Lipinski definition) is 1. The van der Waals surface area contributed by atoms with E-state index in [1.807, 2.05) is 61.0 Å². The Labute approximate surface area is 157 Å². The molecule has 1 aliphatic rings. The maximum Gasteiger partial charge on any atom is 0.259 e. The average Bonchev–Trinajstić information content (AvgIpc) is 3.21. The van der Waals surface area contributed by atoms with Crippen molar-refractivity contribution in [2.75, 3.05) is 4.90 Å². The lowest BCUT2D eigenvalue weighted by Crippen LogP contribution is -2.46. The summed E-state index contributed by atoms with van der Waals surface area (Å²) in [7, 11) is 0. The van der Waals surface area contributed by atoms with Crippen molar-refractivity contribution in [3.63, 3.8) is 0 Å². The van der Waals surface area contributed by atoms with Crippen LogP contribution in [0.4, 0.5) is 5.69 Å². The summed E-state index contributed by atoms with van der Waals surface area (Å²) in [5.41, 5.74) is 10.6. The van der Waals surface area contributed by atoms with Gasteiger partial charge in [-0.15, -0.1) is 0 Å². The Morgan fingerprint density at radius 3 is 2.41 bits per heavy atom. The number of anilines is 1. The van der Waals surface area contributed by atoms with E-state index in [1.165, 1.54) is 4.90 Å². The molecule has 6 heteroatoms. The summed E-state index contributed by atoms with van der Waals surface area (Å²) in [6.45, 7) is 3.92. The van der Waals surface area contributed by atoms with E-state index in [1.54, 1.807) is 12.1 Å². The van der Waals surface area contributed by atoms with E-state index in [9.17, 15) is 9.59 Å². The molecule has 6 nitrogen and oxygen atoms in total. The first kappa shape index (κ1) is 17.0. The number of primary amides is 1. The molecule has 2 N–H and O–H groups in total. The number of rotatable bonds is 3. The number of nitrogens with two attached hydrogens (primary N) is 1. The molecule has 4 rings (SSSR count). The summed E-state index contributed by atoms with van der Waals surface area (Å²) in [6.07, 6.45) is 0.446. The van der Waals surface area contributed by atoms with Crippen LogP contribution >= 0.6 is 0 Å². The topological polar surface area (TPSA) is 81.2 Å². The van der Waals surface area contributed by atoms with E-state index in [4.69, 9.17) is 5.73 Å². The number of amides is 2. The lowest BCUT2D eigenvalue weighted by molar-refractivity contribution is -0.119. The molecule has 3 aromatic rings. The van der Waals surface area contributed by atoms with Crippen molar-refractivity contribution in [1.29, 1.82) is 0 Å². The zero-order chi connectivity index (χ0) is 19.1. The van der Waals surface area contributed by atoms with Crippen molar-refractivity contribution in [2.24, 2.45) is 5.73 Å². The highest BCUT2D eigenvalue weighted by Crippen LogP contribution is 2.33. The Bertz CT molecular complexity index is 1040. The number of carbonyl (C=O) groups excluding carboxylic acids is 2. The van der Waals surface area contributed by atoms with Gasteiger partial charge < -0.3 is 5.73 Å². The number of fused-ring (bicyclic) bond motifs is 1. The second-order valence-corrected chi connectivity index (χ2v) is 6.81. The number of aryl methyl sites for hydroxylation is 2. The van der Waals surface area contributed by atoms with Crippen LogP contribution in [0.1, 0.15) is 27.3 Å². The minimum atomic E-state index is -0.661. The van der Waals surface area contributed by atoms with E-state index in [2.05, 4.69) is 5.10 Å². The van der Waals surface area contributed by atoms with Crippen LogP contribution in [-0.2, 0) is 11.2 Å². The summed E-state index contributed by atoms with van der Waals surface area (Å²) < 4.78 is 1.83. The fraction of sp³-hybridized carbons (Fsp3) is 0.190. The third-order valence-electron chi connectivity index (χ3n) is 4.89. The molecule has 0 unspecified atom stereocenters. The summed E-state index contributed by atoms with van der Waals surface area (Å²) in [4.78, 5) is 26.6. The first-order valence-corrected chi connectivity index (χ1v) is 8.80. The van der Waals surface area contributed by atoms with Crippen LogP contribution in [0.5, 0.6) is 0 Å². The smallest absolute Gasteiger partial charge is 0.259 e. The van der Waals surface area contributed by atoms with Gasteiger partial charge >= 0.3 is 0 Å². The fourth-order valence-corrected chi connectivity index (χ4v) is 3.64. The molecule has 1 aromatic heterocycles. The van der Waals surface area contributed by atoms with Crippen LogP contribution in [0, 0.1) is 13.8 Å². The quantitative estimate of drug-likeness (QED) is 0.779. The first-order chi connectivity index (χ1) is 13.0. The minimum Gasteiger partial charge on any atom is -0.368 e. The molecule has 0 bridgehead atoms. The van der Waals surface area contributed by atoms with Crippen LogP contribution < -0.4 is 10.6 Å². The first-order valence-electron chi connectivity index (χ1n) is 8.80. The summed E-state index contributed by atoms with van der Waals surface area (Å²) in [6, 6.07) is 16.1. The largest absolute Gasteiger partial charge is 0.368 e. The van der Waals surface area contributed by atoms with Crippen LogP contribution in [0.3, 0.4) is 0 Å². The average molecular weight is 360 g/mol. The van der Waals surface area contributed by atoms with Crippen LogP contribution in [0.25, 0.3) is 5.69 Å². The van der Waals surface area contributed by atoms with E-state index in [-0.39, 0.29) is 5.91 Å². The molecule has 27 heavy (non-hydrogen) atoms. The van der Waals surface area contributed by atoms with Crippen molar-refractivity contribution in [3.05, 3.63) is 77.1 Å². The van der Waals surface area contributed by atoms with Gasteiger partial charge in [0.2, 0.25) is 5.91 Å². The molecule has 2 aromatic carbocycles. The molecule has 136 valence electrons. The second kappa shape index (κ2) is 6.39. The zero-order valence-electron chi connectivity index (χ0n) is 15.2. The van der Waals surface area contributed by atoms with Gasteiger partial charge in [-0.3, -0.25) is 14.5 Å². The standard InChI is InChI=1S/C21H20N4O2/c1-13-11-14(2)25(23-13)17-9-7-15(8-10-17)21(27)24-18-6-4-3-5-16(18)12-19(24)20(22)26/h3-11,19H,12H2,1-2H3,(H2,22,26)/t19-/m0/s1. The van der Waals surface area contributed by atoms with Gasteiger partial charge in [0.1, 0.15) is 6.04 Å². The third-order valence-corrected chi connectivity index (χ3v) is 4.89. The normalized spacial score (nSPS) is 15.6. The van der Waals surface area contributed by atoms with Gasteiger partial charge in [-0.25, -0.2) is 4.68 Å². The summed E-state index contributed by atoms with van der Waals surface area (Å²) in [5, 5.41) is 4.46. The van der Waals surface area contributed by atoms with E-state index < -0.39 is 11.9 Å². The lowest BCUT2D eigenvalue weighted by atomic mass is 10.1. The number of benzene rings is 2. The van der Waals surface area contributed by atoms with Crippen molar-refractivity contribution in [3.8, 4) is 5.69 Å². The van der Waals surface area contributed by atoms with Crippen LogP contribution in [0.2, 0.25) is 0 Å². The van der Waals surface area contributed by atoms with Gasteiger partial charge in [-0.05, 0) is 55.8 Å². The Hall–Kier alpha value is -3.41. The van der Waals surface area contributed by atoms with Crippen LogP contribution in [0.15, 0.2) is 54.6 Å². The molecule has 2 heterocycles. The van der Waals surface area contributed by atoms with Crippen molar-refractivity contribution in [2.45, 2.75) is 26.3 Å². The molecule has 1 aliphatic heterocycles. The van der Waals surface area contributed by atoms with Gasteiger partial charge in [0.05, 0.1) is 11.4 Å². The number of para-hydroxylation sites is 1. The Morgan fingerprint density at radius 1 is 1.07 bits per heavy atom. The van der Waals surface area contributed by atoms with E-state index >= 15 is 0 Å². The molecule has 0 radical (unpaired) electrons. The molecule has 1 atom stereocenters. The van der Waals surface area contributed by atoms with Crippen molar-refractivity contribution >= 4 is 17.5 Å². The van der Waals surface area contributed by atoms with Gasteiger partial charge in [-0.2, -0.15) is 5.10 Å². The highest BCUT2D eigenvalue weighted by molar-refractivity contribution is 6.11. The minimum absolute atomic E-state index is 0.233. The number of hydrogen-bond acceptors (Lipinski definition) is 3. The highest BCUT2D eigenvalue weighted by atomic mass is 16.2. The molecule has 0 fully saturated rings. The SMILES string of the molecule is Cc1cc(C)n(-c2ccc(C(=O)N3c4ccccc4C[C@H]3C(N)=O)cc2)n1. The number of nitrogens with zero attached hydrogens (tertiary/aromatic N) is 3. The molecule has 0 saturated carbocycles. The van der Waals surface area contributed by atoms with Gasteiger partial charge in [0, 0.05) is 23.4 Å². The third kappa shape index (κ3) is 2.89. The molecule has 2 amide bonds. The fourth-order valence-electron chi connectivity index (χ4n) is 3.64. The van der Waals surface area contributed by atoms with Crippen molar-refractivity contribution < 1.29 is 9.59 Å². The van der Waals surface area contributed by atoms with E-state index in [0.29, 0.717) is 12.0 Å². The molecular weight excluding hydrogens is 340 g/mol. The predicted octanol–water partition coefficient (Wildman–Crippen LogP) is 2.55. The Morgan fingerprint density at radius 2 is 1.78 bits per heavy atom. The lowest BCUT2D eigenvalue weighted by Gasteiger charge is -2.23. The highest BCUT2D eigenvalue weighted by Gasteiger charge is 2.37. The number of carbonyl (C=O) groups is 2. The molecule has 0 aliphatic carbocycles. The number of aromatic nitrogens is 2. The molecule has 0 spiro atoms. The van der Waals surface area contributed by atoms with Crippen LogP contribution in [-0.4, -0.2) is 27.6 Å². The summed E-state index contributed by atoms with van der Waals surface area (Å²) >= 11 is 0. The van der Waals surface area contributed by atoms with Crippen molar-refractivity contribution in [1.82, 2.24) is 9.78 Å². The molecular formula is C21H20N4O2. The second-order valence-electron chi connectivity index (χ2n) is 6.81. The van der Waals surface area contributed by atoms with Gasteiger partial charge in [0.15, 0.2) is 0 Å². The Kier molecular flexibility index (Phi) is 4.03. The van der Waals surface area contributed by atoms with E-state index in [0.717, 1.165) is 28.3 Å². The Balaban J connectivity index is 1.68. The predicted molar refractivity (Wildman–Crippen MR) is 103 cm³/mol. The molecule has 0 saturated heterocycles.